The summed E-state index contributed by atoms with van der Waals surface area (Å²) < 4.78 is 12.9. The van der Waals surface area contributed by atoms with Gasteiger partial charge < -0.3 is 19.2 Å². The summed E-state index contributed by atoms with van der Waals surface area (Å²) in [5.74, 6) is 0.118. The van der Waals surface area contributed by atoms with Gasteiger partial charge in [0, 0.05) is 56.8 Å². The van der Waals surface area contributed by atoms with Crippen molar-refractivity contribution < 1.29 is 19.1 Å². The molecule has 0 N–H and O–H groups in total. The van der Waals surface area contributed by atoms with E-state index in [1.807, 2.05) is 41.0 Å². The number of carbonyl (C=O) groups excluding carboxylic acids is 1. The van der Waals surface area contributed by atoms with Crippen molar-refractivity contribution in [2.45, 2.75) is 32.1 Å². The number of aromatic nitrogens is 6. The number of piperidine rings is 1. The van der Waals surface area contributed by atoms with E-state index in [0.29, 0.717) is 22.5 Å². The molecule has 0 spiro atoms. The van der Waals surface area contributed by atoms with Crippen LogP contribution in [0.1, 0.15) is 42.5 Å². The molecule has 1 aliphatic heterocycles. The average Bonchev–Trinajstić information content (AvgIpc) is 3.83. The predicted molar refractivity (Wildman–Crippen MR) is 182 cm³/mol. The molecule has 242 valence electrons. The maximum absolute atomic E-state index is 12.7. The zero-order valence-electron chi connectivity index (χ0n) is 26.3. The minimum Gasteiger partial charge on any atom is -0.385 e. The molecular weight excluding hydrogens is 614 g/mol. The Balaban J connectivity index is 0.916. The Morgan fingerprint density at radius 1 is 0.915 bits per heavy atom. The highest BCUT2D eigenvalue weighted by Crippen LogP contribution is 2.31. The fourth-order valence-electron chi connectivity index (χ4n) is 5.83. The van der Waals surface area contributed by atoms with Gasteiger partial charge in [-0.2, -0.15) is 5.10 Å². The molecule has 0 bridgehead atoms. The number of benzene rings is 3. The molecule has 6 aromatic rings. The van der Waals surface area contributed by atoms with Gasteiger partial charge in [-0.1, -0.05) is 40.4 Å². The average molecular weight is 652 g/mol. The second kappa shape index (κ2) is 14.4. The standard InChI is InChI=1S/C35H37N7O4S/c1-44-21-5-2-6-22-45-24-25-17-19-40(20-18-25)29-15-13-27(14-16-29)33-38-41-23-31(36-35(41)47-33)26-9-11-28(12-10-26)34(43)46-42-32-8-4-3-7-30(32)37-39-42/h3-4,7-16,23,25H,2,5-6,17-22,24H2,1H3. The minimum atomic E-state index is -0.523. The van der Waals surface area contributed by atoms with Crippen molar-refractivity contribution >= 4 is 39.0 Å². The highest BCUT2D eigenvalue weighted by atomic mass is 32.1. The van der Waals surface area contributed by atoms with Crippen LogP contribution in [0.5, 0.6) is 0 Å². The molecule has 0 amide bonds. The summed E-state index contributed by atoms with van der Waals surface area (Å²) in [6.45, 7) is 4.66. The van der Waals surface area contributed by atoms with Crippen LogP contribution >= 0.6 is 11.3 Å². The van der Waals surface area contributed by atoms with Crippen LogP contribution in [0.4, 0.5) is 5.69 Å². The molecule has 0 unspecified atom stereocenters. The van der Waals surface area contributed by atoms with E-state index in [9.17, 15) is 4.79 Å². The summed E-state index contributed by atoms with van der Waals surface area (Å²) in [6.07, 6.45) is 7.61. The summed E-state index contributed by atoms with van der Waals surface area (Å²) in [5, 5.41) is 13.6. The second-order valence-electron chi connectivity index (χ2n) is 11.8. The van der Waals surface area contributed by atoms with E-state index in [0.717, 1.165) is 96.6 Å². The maximum Gasteiger partial charge on any atom is 0.365 e. The largest absolute Gasteiger partial charge is 0.385 e. The van der Waals surface area contributed by atoms with Crippen LogP contribution in [0, 0.1) is 5.92 Å². The summed E-state index contributed by atoms with van der Waals surface area (Å²) in [7, 11) is 1.75. The Bertz CT molecular complexity index is 1890. The topological polar surface area (TPSA) is 109 Å². The fourth-order valence-corrected chi connectivity index (χ4v) is 6.72. The molecule has 3 aromatic heterocycles. The Hall–Kier alpha value is -4.65. The zero-order valence-corrected chi connectivity index (χ0v) is 27.1. The fraction of sp³-hybridized carbons (Fsp3) is 0.343. The molecule has 7 rings (SSSR count). The Morgan fingerprint density at radius 2 is 1.68 bits per heavy atom. The lowest BCUT2D eigenvalue weighted by atomic mass is 9.97. The van der Waals surface area contributed by atoms with Crippen LogP contribution in [0.25, 0.3) is 37.8 Å². The molecule has 0 atom stereocenters. The lowest BCUT2D eigenvalue weighted by Gasteiger charge is -2.33. The van der Waals surface area contributed by atoms with Crippen LogP contribution < -0.4 is 9.74 Å². The van der Waals surface area contributed by atoms with Crippen LogP contribution in [0.3, 0.4) is 0 Å². The molecule has 0 saturated carbocycles. The number of ether oxygens (including phenoxy) is 2. The number of hydrogen-bond donors (Lipinski definition) is 0. The van der Waals surface area contributed by atoms with E-state index < -0.39 is 5.97 Å². The first-order valence-electron chi connectivity index (χ1n) is 16.1. The number of methoxy groups -OCH3 is 1. The van der Waals surface area contributed by atoms with Gasteiger partial charge in [0.05, 0.1) is 17.5 Å². The number of fused-ring (bicyclic) bond motifs is 2. The van der Waals surface area contributed by atoms with Gasteiger partial charge in [-0.3, -0.25) is 0 Å². The summed E-state index contributed by atoms with van der Waals surface area (Å²) in [6, 6.07) is 23.1. The molecule has 11 nitrogen and oxygen atoms in total. The number of rotatable bonds is 13. The molecule has 1 fully saturated rings. The van der Waals surface area contributed by atoms with Gasteiger partial charge in [0.2, 0.25) is 4.96 Å². The first-order chi connectivity index (χ1) is 23.1. The predicted octanol–water partition coefficient (Wildman–Crippen LogP) is 6.19. The Morgan fingerprint density at radius 3 is 2.47 bits per heavy atom. The lowest BCUT2D eigenvalue weighted by molar-refractivity contribution is 0.0409. The van der Waals surface area contributed by atoms with Crippen molar-refractivity contribution in [3.63, 3.8) is 0 Å². The molecule has 47 heavy (non-hydrogen) atoms. The van der Waals surface area contributed by atoms with Gasteiger partial charge in [0.15, 0.2) is 0 Å². The Labute approximate surface area is 276 Å². The third kappa shape index (κ3) is 7.19. The number of para-hydroxylation sites is 1. The first-order valence-corrected chi connectivity index (χ1v) is 16.9. The van der Waals surface area contributed by atoms with Gasteiger partial charge in [-0.05, 0) is 91.8 Å². The lowest BCUT2D eigenvalue weighted by Crippen LogP contribution is -2.35. The van der Waals surface area contributed by atoms with E-state index >= 15 is 0 Å². The quantitative estimate of drug-likeness (QED) is 0.107. The monoisotopic (exact) mass is 651 g/mol. The van der Waals surface area contributed by atoms with Crippen LogP contribution in [0.2, 0.25) is 0 Å². The van der Waals surface area contributed by atoms with Crippen molar-refractivity contribution in [3.05, 3.63) is 84.6 Å². The smallest absolute Gasteiger partial charge is 0.365 e. The van der Waals surface area contributed by atoms with Crippen molar-refractivity contribution in [1.82, 2.24) is 29.8 Å². The van der Waals surface area contributed by atoms with Crippen LogP contribution in [0.15, 0.2) is 79.0 Å². The van der Waals surface area contributed by atoms with Crippen molar-refractivity contribution in [2.75, 3.05) is 44.9 Å². The molecule has 4 heterocycles. The third-order valence-electron chi connectivity index (χ3n) is 8.54. The van der Waals surface area contributed by atoms with Gasteiger partial charge in [-0.25, -0.2) is 14.3 Å². The molecule has 12 heteroatoms. The second-order valence-corrected chi connectivity index (χ2v) is 12.7. The molecular formula is C35H37N7O4S. The highest BCUT2D eigenvalue weighted by Gasteiger charge is 2.20. The van der Waals surface area contributed by atoms with E-state index in [4.69, 9.17) is 24.4 Å². The van der Waals surface area contributed by atoms with Gasteiger partial charge in [-0.15, -0.1) is 5.10 Å². The maximum atomic E-state index is 12.7. The number of imidazole rings is 1. The number of anilines is 1. The summed E-state index contributed by atoms with van der Waals surface area (Å²) in [4.78, 5) is 27.4. The van der Waals surface area contributed by atoms with Crippen molar-refractivity contribution in [2.24, 2.45) is 5.92 Å². The number of unbranched alkanes of at least 4 members (excludes halogenated alkanes) is 2. The number of hydrogen-bond acceptors (Lipinski definition) is 10. The highest BCUT2D eigenvalue weighted by molar-refractivity contribution is 7.19. The minimum absolute atomic E-state index is 0.400. The zero-order chi connectivity index (χ0) is 32.0. The van der Waals surface area contributed by atoms with Crippen molar-refractivity contribution in [1.29, 1.82) is 0 Å². The SMILES string of the molecule is COCCCCCOCC1CCN(c2ccc(-c3nn4cc(-c5ccc(C(=O)On6nnc7ccccc76)cc5)nc4s3)cc2)CC1. The summed E-state index contributed by atoms with van der Waals surface area (Å²) in [5.41, 5.74) is 5.65. The molecule has 0 aliphatic carbocycles. The number of nitrogens with zero attached hydrogens (tertiary/aromatic N) is 7. The van der Waals surface area contributed by atoms with Crippen LogP contribution in [-0.4, -0.2) is 75.7 Å². The Kier molecular flexibility index (Phi) is 9.50. The van der Waals surface area contributed by atoms with Gasteiger partial charge in [0.25, 0.3) is 0 Å². The van der Waals surface area contributed by atoms with E-state index in [1.165, 1.54) is 5.69 Å². The third-order valence-corrected chi connectivity index (χ3v) is 9.51. The van der Waals surface area contributed by atoms with Gasteiger partial charge >= 0.3 is 5.97 Å². The van der Waals surface area contributed by atoms with Gasteiger partial charge in [0.1, 0.15) is 16.0 Å². The normalized spacial score (nSPS) is 13.9. The van der Waals surface area contributed by atoms with E-state index in [1.54, 1.807) is 36.6 Å². The van der Waals surface area contributed by atoms with Crippen molar-refractivity contribution in [3.8, 4) is 21.8 Å². The molecule has 1 saturated heterocycles. The molecule has 1 aliphatic rings. The first kappa shape index (κ1) is 31.0. The van der Waals surface area contributed by atoms with E-state index in [-0.39, 0.29) is 0 Å². The molecule has 3 aromatic carbocycles. The number of carbonyl (C=O) groups is 1. The summed E-state index contributed by atoms with van der Waals surface area (Å²) >= 11 is 1.55. The van der Waals surface area contributed by atoms with E-state index in [2.05, 4.69) is 39.5 Å². The van der Waals surface area contributed by atoms with Crippen LogP contribution in [-0.2, 0) is 9.47 Å². The molecule has 0 radical (unpaired) electrons.